The maximum atomic E-state index is 12.6. The highest BCUT2D eigenvalue weighted by molar-refractivity contribution is 5.97. The molecule has 0 aliphatic heterocycles. The lowest BCUT2D eigenvalue weighted by Gasteiger charge is -2.26. The summed E-state index contributed by atoms with van der Waals surface area (Å²) in [6.45, 7) is 4.43. The number of rotatable bonds is 5. The van der Waals surface area contributed by atoms with Gasteiger partial charge in [-0.3, -0.25) is 14.5 Å². The number of aliphatic hydroxyl groups excluding tert-OH is 1. The highest BCUT2D eigenvalue weighted by Gasteiger charge is 2.24. The summed E-state index contributed by atoms with van der Waals surface area (Å²) in [6.07, 6.45) is 3.42. The van der Waals surface area contributed by atoms with E-state index in [9.17, 15) is 14.7 Å². The van der Waals surface area contributed by atoms with Crippen LogP contribution in [0.4, 0.5) is 0 Å². The summed E-state index contributed by atoms with van der Waals surface area (Å²) in [7, 11) is 0. The number of aromatic nitrogens is 4. The molecule has 1 saturated carbocycles. The van der Waals surface area contributed by atoms with Crippen LogP contribution in [0.2, 0.25) is 0 Å². The Kier molecular flexibility index (Phi) is 5.27. The van der Waals surface area contributed by atoms with Gasteiger partial charge in [0.05, 0.1) is 22.8 Å². The molecule has 0 bridgehead atoms. The van der Waals surface area contributed by atoms with Crippen LogP contribution in [-0.4, -0.2) is 43.4 Å². The topological polar surface area (TPSA) is 116 Å². The smallest absolute Gasteiger partial charge is 0.326 e. The molecule has 8 heteroatoms. The number of aliphatic hydroxyl groups is 1. The van der Waals surface area contributed by atoms with Crippen molar-refractivity contribution in [3.05, 3.63) is 51.2 Å². The van der Waals surface area contributed by atoms with Gasteiger partial charge in [-0.1, -0.05) is 0 Å². The van der Waals surface area contributed by atoms with Gasteiger partial charge >= 0.3 is 5.69 Å². The lowest BCUT2D eigenvalue weighted by Crippen LogP contribution is -2.27. The van der Waals surface area contributed by atoms with E-state index < -0.39 is 0 Å². The van der Waals surface area contributed by atoms with Crippen molar-refractivity contribution in [3.63, 3.8) is 0 Å². The highest BCUT2D eigenvalue weighted by Crippen LogP contribution is 2.29. The minimum Gasteiger partial charge on any atom is -0.393 e. The zero-order valence-corrected chi connectivity index (χ0v) is 16.8. The number of amides is 1. The average molecular weight is 397 g/mol. The number of fused-ring (bicyclic) bond motifs is 1. The van der Waals surface area contributed by atoms with Crippen molar-refractivity contribution < 1.29 is 9.90 Å². The van der Waals surface area contributed by atoms with E-state index in [1.807, 2.05) is 19.9 Å². The highest BCUT2D eigenvalue weighted by atomic mass is 16.3. The Morgan fingerprint density at radius 3 is 2.72 bits per heavy atom. The van der Waals surface area contributed by atoms with Crippen LogP contribution in [0, 0.1) is 13.8 Å². The van der Waals surface area contributed by atoms with E-state index in [0.29, 0.717) is 36.9 Å². The zero-order valence-electron chi connectivity index (χ0n) is 16.8. The van der Waals surface area contributed by atoms with Crippen molar-refractivity contribution in [2.24, 2.45) is 0 Å². The number of imidazole rings is 1. The molecule has 8 nitrogen and oxygen atoms in total. The maximum absolute atomic E-state index is 12.6. The van der Waals surface area contributed by atoms with Crippen LogP contribution in [0.25, 0.3) is 11.0 Å². The second-order valence-electron chi connectivity index (χ2n) is 7.91. The lowest BCUT2D eigenvalue weighted by atomic mass is 9.93. The summed E-state index contributed by atoms with van der Waals surface area (Å²) in [5.41, 5.74) is 4.92. The van der Waals surface area contributed by atoms with Crippen LogP contribution in [-0.2, 0) is 6.42 Å². The van der Waals surface area contributed by atoms with Crippen LogP contribution in [0.3, 0.4) is 0 Å². The van der Waals surface area contributed by atoms with Crippen molar-refractivity contribution in [2.45, 2.75) is 58.1 Å². The minimum absolute atomic E-state index is 0.0840. The molecule has 29 heavy (non-hydrogen) atoms. The summed E-state index contributed by atoms with van der Waals surface area (Å²) < 4.78 is 1.77. The van der Waals surface area contributed by atoms with Crippen LogP contribution in [0.5, 0.6) is 0 Å². The van der Waals surface area contributed by atoms with Gasteiger partial charge in [-0.25, -0.2) is 4.79 Å². The summed E-state index contributed by atoms with van der Waals surface area (Å²) in [6, 6.07) is 5.40. The van der Waals surface area contributed by atoms with E-state index >= 15 is 0 Å². The summed E-state index contributed by atoms with van der Waals surface area (Å²) in [5, 5.41) is 19.8. The molecule has 3 aromatic rings. The first-order chi connectivity index (χ1) is 13.9. The number of nitrogens with one attached hydrogen (secondary N) is 3. The second kappa shape index (κ2) is 7.87. The molecule has 4 rings (SSSR count). The molecule has 0 radical (unpaired) electrons. The van der Waals surface area contributed by atoms with Gasteiger partial charge in [0.25, 0.3) is 5.91 Å². The molecule has 0 unspecified atom stereocenters. The molecule has 1 aromatic carbocycles. The fourth-order valence-corrected chi connectivity index (χ4v) is 4.30. The van der Waals surface area contributed by atoms with Gasteiger partial charge in [0.2, 0.25) is 0 Å². The van der Waals surface area contributed by atoms with Crippen molar-refractivity contribution in [3.8, 4) is 0 Å². The van der Waals surface area contributed by atoms with Gasteiger partial charge in [0, 0.05) is 23.8 Å². The first-order valence-electron chi connectivity index (χ1n) is 10.1. The SMILES string of the molecule is Cc1n[nH]c(C)c1CCNC(=O)c1ccc2c(c1)[nH]c(=O)n2C1CCC(O)CC1. The van der Waals surface area contributed by atoms with Crippen molar-refractivity contribution >= 4 is 16.9 Å². The Labute approximate surface area is 168 Å². The molecule has 2 aromatic heterocycles. The molecular weight excluding hydrogens is 370 g/mol. The molecule has 1 aliphatic rings. The largest absolute Gasteiger partial charge is 0.393 e. The summed E-state index contributed by atoms with van der Waals surface area (Å²) in [5.74, 6) is -0.167. The average Bonchev–Trinajstić information content (AvgIpc) is 3.20. The van der Waals surface area contributed by atoms with Gasteiger partial charge < -0.3 is 15.4 Å². The van der Waals surface area contributed by atoms with Gasteiger partial charge in [-0.05, 0) is 69.7 Å². The Bertz CT molecular complexity index is 1070. The third-order valence-corrected chi connectivity index (χ3v) is 5.95. The van der Waals surface area contributed by atoms with E-state index in [2.05, 4.69) is 20.5 Å². The van der Waals surface area contributed by atoms with Gasteiger partial charge in [-0.15, -0.1) is 0 Å². The number of hydrogen-bond donors (Lipinski definition) is 4. The Morgan fingerprint density at radius 1 is 1.28 bits per heavy atom. The second-order valence-corrected chi connectivity index (χ2v) is 7.91. The standard InChI is InChI=1S/C21H27N5O3/c1-12-17(13(2)25-24-12)9-10-22-20(28)14-3-8-19-18(11-14)23-21(29)26(19)15-4-6-16(27)7-5-15/h3,8,11,15-16,27H,4-7,9-10H2,1-2H3,(H,22,28)(H,23,29)(H,24,25). The molecule has 0 saturated heterocycles. The first kappa shape index (κ1) is 19.4. The van der Waals surface area contributed by atoms with E-state index in [1.54, 1.807) is 16.7 Å². The van der Waals surface area contributed by atoms with Crippen LogP contribution in [0.1, 0.15) is 59.0 Å². The minimum atomic E-state index is -0.267. The number of carbonyl (C=O) groups is 1. The zero-order chi connectivity index (χ0) is 20.5. The number of hydrogen-bond acceptors (Lipinski definition) is 4. The molecule has 154 valence electrons. The molecule has 0 atom stereocenters. The molecule has 1 aliphatic carbocycles. The number of nitrogens with zero attached hydrogens (tertiary/aromatic N) is 2. The van der Waals surface area contributed by atoms with Crippen LogP contribution < -0.4 is 11.0 Å². The Morgan fingerprint density at radius 2 is 2.03 bits per heavy atom. The monoisotopic (exact) mass is 397 g/mol. The Balaban J connectivity index is 1.47. The fraction of sp³-hybridized carbons (Fsp3) is 0.476. The lowest BCUT2D eigenvalue weighted by molar-refractivity contribution is 0.0954. The third-order valence-electron chi connectivity index (χ3n) is 5.95. The van der Waals surface area contributed by atoms with E-state index in [-0.39, 0.29) is 23.7 Å². The molecule has 2 heterocycles. The number of H-pyrrole nitrogens is 2. The molecular formula is C21H27N5O3. The predicted molar refractivity (Wildman–Crippen MR) is 110 cm³/mol. The molecule has 1 fully saturated rings. The summed E-state index contributed by atoms with van der Waals surface area (Å²) >= 11 is 0. The number of aryl methyl sites for hydroxylation is 2. The Hall–Kier alpha value is -2.87. The van der Waals surface area contributed by atoms with Gasteiger partial charge in [0.15, 0.2) is 0 Å². The molecule has 0 spiro atoms. The van der Waals surface area contributed by atoms with Gasteiger partial charge in [-0.2, -0.15) is 5.10 Å². The van der Waals surface area contributed by atoms with E-state index in [0.717, 1.165) is 35.3 Å². The predicted octanol–water partition coefficient (Wildman–Crippen LogP) is 2.12. The quantitative estimate of drug-likeness (QED) is 0.528. The maximum Gasteiger partial charge on any atom is 0.326 e. The van der Waals surface area contributed by atoms with Crippen molar-refractivity contribution in [1.29, 1.82) is 0 Å². The van der Waals surface area contributed by atoms with Gasteiger partial charge in [0.1, 0.15) is 0 Å². The normalized spacial score (nSPS) is 19.6. The number of aromatic amines is 2. The number of carbonyl (C=O) groups excluding carboxylic acids is 1. The van der Waals surface area contributed by atoms with Crippen LogP contribution >= 0.6 is 0 Å². The van der Waals surface area contributed by atoms with E-state index in [4.69, 9.17) is 0 Å². The van der Waals surface area contributed by atoms with Crippen molar-refractivity contribution in [1.82, 2.24) is 25.1 Å². The van der Waals surface area contributed by atoms with E-state index in [1.165, 1.54) is 0 Å². The fourth-order valence-electron chi connectivity index (χ4n) is 4.30. The van der Waals surface area contributed by atoms with Crippen molar-refractivity contribution in [2.75, 3.05) is 6.54 Å². The van der Waals surface area contributed by atoms with Crippen LogP contribution in [0.15, 0.2) is 23.0 Å². The summed E-state index contributed by atoms with van der Waals surface area (Å²) in [4.78, 5) is 27.9. The third kappa shape index (κ3) is 3.85. The number of benzene rings is 1. The first-order valence-corrected chi connectivity index (χ1v) is 10.1. The molecule has 4 N–H and O–H groups in total. The molecule has 1 amide bonds.